The van der Waals surface area contributed by atoms with E-state index in [1.54, 1.807) is 0 Å². The van der Waals surface area contributed by atoms with Gasteiger partial charge in [0.1, 0.15) is 0 Å². The second-order valence-electron chi connectivity index (χ2n) is 7.27. The topological polar surface area (TPSA) is 53.6 Å². The quantitative estimate of drug-likeness (QED) is 0.844. The van der Waals surface area contributed by atoms with E-state index in [2.05, 4.69) is 41.8 Å². The molecule has 1 aliphatic heterocycles. The third-order valence-corrected chi connectivity index (χ3v) is 6.09. The molecule has 5 nitrogen and oxygen atoms in total. The number of urea groups is 1. The Morgan fingerprint density at radius 1 is 1.38 bits per heavy atom. The molecule has 2 amide bonds. The number of carbonyl (C=O) groups excluding carboxylic acids is 1. The molecule has 2 atom stereocenters. The van der Waals surface area contributed by atoms with Gasteiger partial charge in [0.25, 0.3) is 0 Å². The zero-order valence-corrected chi connectivity index (χ0v) is 14.4. The van der Waals surface area contributed by atoms with Crippen molar-refractivity contribution in [3.63, 3.8) is 0 Å². The number of para-hydroxylation sites is 1. The predicted molar refractivity (Wildman–Crippen MR) is 94.0 cm³/mol. The fraction of sp³-hybridized carbons (Fsp3) is 0.632. The third kappa shape index (κ3) is 2.55. The summed E-state index contributed by atoms with van der Waals surface area (Å²) in [6.45, 7) is 5.09. The van der Waals surface area contributed by atoms with Crippen LogP contribution in [0.2, 0.25) is 0 Å². The molecule has 2 saturated carbocycles. The molecule has 0 aromatic heterocycles. The largest absolute Gasteiger partial charge is 0.381 e. The van der Waals surface area contributed by atoms with Gasteiger partial charge in [0.05, 0.1) is 6.10 Å². The van der Waals surface area contributed by atoms with Gasteiger partial charge in [-0.25, -0.2) is 4.79 Å². The Kier molecular flexibility index (Phi) is 4.12. The molecule has 3 aliphatic rings. The fourth-order valence-corrected chi connectivity index (χ4v) is 4.50. The Morgan fingerprint density at radius 2 is 2.21 bits per heavy atom. The first-order chi connectivity index (χ1) is 11.7. The van der Waals surface area contributed by atoms with E-state index in [1.807, 2.05) is 4.90 Å². The Morgan fingerprint density at radius 3 is 2.88 bits per heavy atom. The van der Waals surface area contributed by atoms with Crippen molar-refractivity contribution in [2.45, 2.75) is 51.3 Å². The normalized spacial score (nSPS) is 27.5. The van der Waals surface area contributed by atoms with Gasteiger partial charge in [-0.1, -0.05) is 24.6 Å². The maximum atomic E-state index is 11.8. The first-order valence-electron chi connectivity index (χ1n) is 9.22. The molecule has 130 valence electrons. The van der Waals surface area contributed by atoms with Crippen LogP contribution in [0, 0.1) is 5.41 Å². The second-order valence-corrected chi connectivity index (χ2v) is 7.27. The summed E-state index contributed by atoms with van der Waals surface area (Å²) >= 11 is 0. The summed E-state index contributed by atoms with van der Waals surface area (Å²) < 4.78 is 5.95. The standard InChI is InChI=1S/C19H27N3O2/c1-2-24-17-12-16(19(17)8-5-9-19)21-15-7-4-3-6-14(15)13-22-11-10-20-18(22)23/h3-4,6-7,16-17,21H,2,5,8-13H2,1H3,(H,20,23)/t16-,17+/m1/s1. The third-order valence-electron chi connectivity index (χ3n) is 6.09. The van der Waals surface area contributed by atoms with Gasteiger partial charge in [-0.3, -0.25) is 0 Å². The minimum atomic E-state index is 0.0420. The predicted octanol–water partition coefficient (Wildman–Crippen LogP) is 2.97. The van der Waals surface area contributed by atoms with Gasteiger partial charge in [-0.2, -0.15) is 0 Å². The summed E-state index contributed by atoms with van der Waals surface area (Å²) in [6, 6.07) is 8.93. The number of benzene rings is 1. The van der Waals surface area contributed by atoms with Crippen molar-refractivity contribution in [3.8, 4) is 0 Å². The molecule has 2 N–H and O–H groups in total. The molecule has 1 aromatic rings. The number of amides is 2. The number of rotatable bonds is 6. The summed E-state index contributed by atoms with van der Waals surface area (Å²) in [5.74, 6) is 0. The van der Waals surface area contributed by atoms with Gasteiger partial charge in [-0.15, -0.1) is 0 Å². The van der Waals surface area contributed by atoms with Crippen molar-refractivity contribution in [1.29, 1.82) is 0 Å². The second kappa shape index (κ2) is 6.28. The summed E-state index contributed by atoms with van der Waals surface area (Å²) in [4.78, 5) is 13.7. The Balaban J connectivity index is 1.46. The molecular weight excluding hydrogens is 302 g/mol. The maximum absolute atomic E-state index is 11.8. The number of anilines is 1. The highest BCUT2D eigenvalue weighted by atomic mass is 16.5. The highest BCUT2D eigenvalue weighted by Gasteiger charge is 2.58. The fourth-order valence-electron chi connectivity index (χ4n) is 4.50. The molecule has 5 heteroatoms. The van der Waals surface area contributed by atoms with Crippen molar-refractivity contribution >= 4 is 11.7 Å². The Labute approximate surface area is 143 Å². The zero-order chi connectivity index (χ0) is 16.6. The number of hydrogen-bond donors (Lipinski definition) is 2. The number of ether oxygens (including phenoxy) is 1. The first-order valence-corrected chi connectivity index (χ1v) is 9.22. The zero-order valence-electron chi connectivity index (χ0n) is 14.4. The number of carbonyl (C=O) groups is 1. The van der Waals surface area contributed by atoms with Crippen molar-refractivity contribution in [3.05, 3.63) is 29.8 Å². The van der Waals surface area contributed by atoms with Crippen LogP contribution in [0.5, 0.6) is 0 Å². The van der Waals surface area contributed by atoms with E-state index in [-0.39, 0.29) is 6.03 Å². The van der Waals surface area contributed by atoms with E-state index in [4.69, 9.17) is 4.74 Å². The molecule has 1 heterocycles. The lowest BCUT2D eigenvalue weighted by molar-refractivity contribution is -0.157. The van der Waals surface area contributed by atoms with Gasteiger partial charge >= 0.3 is 6.03 Å². The lowest BCUT2D eigenvalue weighted by atomic mass is 9.51. The molecule has 0 unspecified atom stereocenters. The van der Waals surface area contributed by atoms with Crippen LogP contribution in [0.1, 0.15) is 38.2 Å². The van der Waals surface area contributed by atoms with Crippen LogP contribution < -0.4 is 10.6 Å². The van der Waals surface area contributed by atoms with Crippen molar-refractivity contribution in [2.24, 2.45) is 5.41 Å². The van der Waals surface area contributed by atoms with Crippen molar-refractivity contribution in [1.82, 2.24) is 10.2 Å². The summed E-state index contributed by atoms with van der Waals surface area (Å²) in [7, 11) is 0. The SMILES string of the molecule is CCO[C@H]1C[C@@H](Nc2ccccc2CN2CCNC2=O)C12CCC2. The average Bonchev–Trinajstić information content (AvgIpc) is 2.91. The van der Waals surface area contributed by atoms with Gasteiger partial charge in [0.15, 0.2) is 0 Å². The molecule has 1 aromatic carbocycles. The van der Waals surface area contributed by atoms with Crippen LogP contribution in [0.25, 0.3) is 0 Å². The molecule has 0 bridgehead atoms. The van der Waals surface area contributed by atoms with Crippen LogP contribution >= 0.6 is 0 Å². The lowest BCUT2D eigenvalue weighted by Gasteiger charge is -2.61. The van der Waals surface area contributed by atoms with E-state index in [9.17, 15) is 4.79 Å². The van der Waals surface area contributed by atoms with Crippen LogP contribution in [0.4, 0.5) is 10.5 Å². The molecular formula is C19H27N3O2. The van der Waals surface area contributed by atoms with E-state index in [0.717, 1.165) is 26.1 Å². The molecule has 24 heavy (non-hydrogen) atoms. The average molecular weight is 329 g/mol. The van der Waals surface area contributed by atoms with Gasteiger partial charge < -0.3 is 20.3 Å². The summed E-state index contributed by atoms with van der Waals surface area (Å²) in [5.41, 5.74) is 2.71. The van der Waals surface area contributed by atoms with Crippen molar-refractivity contribution in [2.75, 3.05) is 25.0 Å². The van der Waals surface area contributed by atoms with Gasteiger partial charge in [0, 0.05) is 43.4 Å². The summed E-state index contributed by atoms with van der Waals surface area (Å²) in [6.07, 6.45) is 5.37. The van der Waals surface area contributed by atoms with Crippen LogP contribution in [-0.2, 0) is 11.3 Å². The monoisotopic (exact) mass is 329 g/mol. The highest BCUT2D eigenvalue weighted by Crippen LogP contribution is 2.58. The molecule has 1 spiro atoms. The Bertz CT molecular complexity index is 614. The number of nitrogens with zero attached hydrogens (tertiary/aromatic N) is 1. The van der Waals surface area contributed by atoms with Crippen LogP contribution in [0.3, 0.4) is 0 Å². The number of hydrogen-bond acceptors (Lipinski definition) is 3. The smallest absolute Gasteiger partial charge is 0.317 e. The van der Waals surface area contributed by atoms with E-state index < -0.39 is 0 Å². The maximum Gasteiger partial charge on any atom is 0.317 e. The van der Waals surface area contributed by atoms with Crippen molar-refractivity contribution < 1.29 is 9.53 Å². The van der Waals surface area contributed by atoms with Crippen LogP contribution in [-0.4, -0.2) is 42.8 Å². The number of nitrogens with one attached hydrogen (secondary N) is 2. The first kappa shape index (κ1) is 15.8. The lowest BCUT2D eigenvalue weighted by Crippen LogP contribution is -2.64. The summed E-state index contributed by atoms with van der Waals surface area (Å²) in [5, 5.41) is 6.65. The molecule has 3 fully saturated rings. The minimum absolute atomic E-state index is 0.0420. The Hall–Kier alpha value is -1.75. The van der Waals surface area contributed by atoms with Gasteiger partial charge in [0.2, 0.25) is 0 Å². The highest BCUT2D eigenvalue weighted by molar-refractivity contribution is 5.76. The minimum Gasteiger partial charge on any atom is -0.381 e. The molecule has 2 aliphatic carbocycles. The molecule has 1 saturated heterocycles. The van der Waals surface area contributed by atoms with Gasteiger partial charge in [-0.05, 0) is 37.8 Å². The van der Waals surface area contributed by atoms with E-state index in [0.29, 0.717) is 24.1 Å². The van der Waals surface area contributed by atoms with E-state index in [1.165, 1.54) is 30.5 Å². The molecule has 4 rings (SSSR count). The van der Waals surface area contributed by atoms with E-state index >= 15 is 0 Å². The van der Waals surface area contributed by atoms with Crippen LogP contribution in [0.15, 0.2) is 24.3 Å². The molecule has 0 radical (unpaired) electrons.